The first-order valence-corrected chi connectivity index (χ1v) is 6.30. The van der Waals surface area contributed by atoms with Crippen LogP contribution in [0, 0.1) is 0 Å². The summed E-state index contributed by atoms with van der Waals surface area (Å²) in [5.41, 5.74) is 2.27. The van der Waals surface area contributed by atoms with Crippen LogP contribution < -0.4 is 10.2 Å². The maximum Gasteiger partial charge on any atom is 0.223 e. The molecule has 0 aliphatic carbocycles. The van der Waals surface area contributed by atoms with Gasteiger partial charge < -0.3 is 10.2 Å². The number of tetrazole rings is 1. The van der Waals surface area contributed by atoms with E-state index >= 15 is 0 Å². The number of amides is 1. The van der Waals surface area contributed by atoms with Crippen LogP contribution in [0.25, 0.3) is 5.65 Å². The molecule has 106 valence electrons. The summed E-state index contributed by atoms with van der Waals surface area (Å²) < 4.78 is 1.35. The highest BCUT2D eigenvalue weighted by molar-refractivity contribution is 5.91. The maximum atomic E-state index is 11.3. The standard InChI is InChI=1S/C13H13N7O/c1-9(21)19(2)11-5-3-10(4-6-11)14-12-7-8-13-15-17-18-20(13)16-12/h3-8H,1-2H3,(H,14,16). The van der Waals surface area contributed by atoms with Gasteiger partial charge in [-0.25, -0.2) is 0 Å². The van der Waals surface area contributed by atoms with Gasteiger partial charge in [0.1, 0.15) is 0 Å². The largest absolute Gasteiger partial charge is 0.339 e. The smallest absolute Gasteiger partial charge is 0.223 e. The average molecular weight is 283 g/mol. The fourth-order valence-electron chi connectivity index (χ4n) is 1.81. The van der Waals surface area contributed by atoms with Crippen molar-refractivity contribution in [1.82, 2.24) is 25.3 Å². The number of rotatable bonds is 3. The maximum absolute atomic E-state index is 11.3. The highest BCUT2D eigenvalue weighted by Crippen LogP contribution is 2.19. The molecular weight excluding hydrogens is 270 g/mol. The SMILES string of the molecule is CC(=O)N(C)c1ccc(Nc2ccc3nnnn3n2)cc1. The molecule has 1 amide bonds. The quantitative estimate of drug-likeness (QED) is 0.778. The van der Waals surface area contributed by atoms with Gasteiger partial charge in [-0.05, 0) is 46.8 Å². The molecule has 1 N–H and O–H groups in total. The van der Waals surface area contributed by atoms with E-state index < -0.39 is 0 Å². The van der Waals surface area contributed by atoms with Crippen molar-refractivity contribution in [2.75, 3.05) is 17.3 Å². The predicted octanol–water partition coefficient (Wildman–Crippen LogP) is 1.25. The summed E-state index contributed by atoms with van der Waals surface area (Å²) in [6.07, 6.45) is 0. The first-order chi connectivity index (χ1) is 10.1. The highest BCUT2D eigenvalue weighted by Gasteiger charge is 2.05. The van der Waals surface area contributed by atoms with Crippen molar-refractivity contribution in [3.8, 4) is 0 Å². The highest BCUT2D eigenvalue weighted by atomic mass is 16.2. The van der Waals surface area contributed by atoms with E-state index in [1.165, 1.54) is 11.6 Å². The monoisotopic (exact) mass is 283 g/mol. The van der Waals surface area contributed by atoms with Gasteiger partial charge in [0.05, 0.1) is 0 Å². The van der Waals surface area contributed by atoms with E-state index in [9.17, 15) is 4.79 Å². The van der Waals surface area contributed by atoms with Gasteiger partial charge in [-0.3, -0.25) is 4.79 Å². The number of nitrogens with zero attached hydrogens (tertiary/aromatic N) is 6. The van der Waals surface area contributed by atoms with Crippen molar-refractivity contribution in [2.45, 2.75) is 6.92 Å². The van der Waals surface area contributed by atoms with Crippen LogP contribution >= 0.6 is 0 Å². The van der Waals surface area contributed by atoms with Crippen LogP contribution in [0.3, 0.4) is 0 Å². The molecule has 1 aromatic carbocycles. The summed E-state index contributed by atoms with van der Waals surface area (Å²) in [7, 11) is 1.73. The Morgan fingerprint density at radius 1 is 1.19 bits per heavy atom. The molecular formula is C13H13N7O. The van der Waals surface area contributed by atoms with Crippen molar-refractivity contribution in [1.29, 1.82) is 0 Å². The number of hydrogen-bond donors (Lipinski definition) is 1. The van der Waals surface area contributed by atoms with Gasteiger partial charge in [0, 0.05) is 25.3 Å². The summed E-state index contributed by atoms with van der Waals surface area (Å²) >= 11 is 0. The lowest BCUT2D eigenvalue weighted by molar-refractivity contribution is -0.116. The zero-order valence-corrected chi connectivity index (χ0v) is 11.6. The Morgan fingerprint density at radius 2 is 1.95 bits per heavy atom. The van der Waals surface area contributed by atoms with Crippen LogP contribution in [0.15, 0.2) is 36.4 Å². The van der Waals surface area contributed by atoms with Crippen molar-refractivity contribution in [3.63, 3.8) is 0 Å². The van der Waals surface area contributed by atoms with Gasteiger partial charge in [-0.1, -0.05) is 0 Å². The van der Waals surface area contributed by atoms with E-state index in [1.54, 1.807) is 24.1 Å². The van der Waals surface area contributed by atoms with Crippen molar-refractivity contribution in [2.24, 2.45) is 0 Å². The number of nitrogens with one attached hydrogen (secondary N) is 1. The lowest BCUT2D eigenvalue weighted by Gasteiger charge is -2.15. The average Bonchev–Trinajstić information content (AvgIpc) is 2.95. The first kappa shape index (κ1) is 13.0. The summed E-state index contributed by atoms with van der Waals surface area (Å²) in [5.74, 6) is 0.615. The van der Waals surface area contributed by atoms with Gasteiger partial charge >= 0.3 is 0 Å². The van der Waals surface area contributed by atoms with Crippen LogP contribution in [-0.4, -0.2) is 38.2 Å². The molecule has 0 aliphatic rings. The molecule has 0 atom stereocenters. The van der Waals surface area contributed by atoms with E-state index in [4.69, 9.17) is 0 Å². The molecule has 8 nitrogen and oxygen atoms in total. The molecule has 0 aliphatic heterocycles. The summed E-state index contributed by atoms with van der Waals surface area (Å²) in [6.45, 7) is 1.53. The number of fused-ring (bicyclic) bond motifs is 1. The fraction of sp³-hybridized carbons (Fsp3) is 0.154. The zero-order chi connectivity index (χ0) is 14.8. The minimum absolute atomic E-state index is 0.0125. The lowest BCUT2D eigenvalue weighted by Crippen LogP contribution is -2.22. The number of carbonyl (C=O) groups is 1. The van der Waals surface area contributed by atoms with Gasteiger partial charge in [0.2, 0.25) is 5.91 Å². The fourth-order valence-corrected chi connectivity index (χ4v) is 1.81. The summed E-state index contributed by atoms with van der Waals surface area (Å²) in [4.78, 5) is 12.9. The van der Waals surface area contributed by atoms with Crippen LogP contribution in [0.1, 0.15) is 6.92 Å². The zero-order valence-electron chi connectivity index (χ0n) is 11.6. The van der Waals surface area contributed by atoms with E-state index in [1.807, 2.05) is 24.3 Å². The van der Waals surface area contributed by atoms with Gasteiger partial charge in [0.15, 0.2) is 11.5 Å². The molecule has 0 bridgehead atoms. The van der Waals surface area contributed by atoms with Gasteiger partial charge in [-0.2, -0.15) is 0 Å². The van der Waals surface area contributed by atoms with Gasteiger partial charge in [-0.15, -0.1) is 14.8 Å². The minimum Gasteiger partial charge on any atom is -0.339 e. The van der Waals surface area contributed by atoms with Crippen LogP contribution in [0.4, 0.5) is 17.2 Å². The van der Waals surface area contributed by atoms with Crippen molar-refractivity contribution >= 4 is 28.7 Å². The number of anilines is 3. The predicted molar refractivity (Wildman–Crippen MR) is 77.4 cm³/mol. The number of benzene rings is 1. The van der Waals surface area contributed by atoms with Crippen molar-refractivity contribution < 1.29 is 4.79 Å². The van der Waals surface area contributed by atoms with Crippen LogP contribution in [0.5, 0.6) is 0 Å². The third-order valence-corrected chi connectivity index (χ3v) is 3.07. The Bertz CT molecular complexity index is 781. The van der Waals surface area contributed by atoms with E-state index in [-0.39, 0.29) is 5.91 Å². The second-order valence-electron chi connectivity index (χ2n) is 4.50. The second-order valence-corrected chi connectivity index (χ2v) is 4.50. The Hall–Kier alpha value is -3.03. The topological polar surface area (TPSA) is 88.3 Å². The van der Waals surface area contributed by atoms with Crippen LogP contribution in [-0.2, 0) is 4.79 Å². The normalized spacial score (nSPS) is 10.6. The molecule has 0 fully saturated rings. The van der Waals surface area contributed by atoms with Gasteiger partial charge in [0.25, 0.3) is 0 Å². The first-order valence-electron chi connectivity index (χ1n) is 6.30. The number of aromatic nitrogens is 5. The van der Waals surface area contributed by atoms with Crippen LogP contribution in [0.2, 0.25) is 0 Å². The molecule has 0 radical (unpaired) electrons. The lowest BCUT2D eigenvalue weighted by atomic mass is 10.2. The number of carbonyl (C=O) groups excluding carboxylic acids is 1. The van der Waals surface area contributed by atoms with E-state index in [2.05, 4.69) is 25.9 Å². The Balaban J connectivity index is 1.79. The molecule has 0 spiro atoms. The summed E-state index contributed by atoms with van der Waals surface area (Å²) in [6, 6.07) is 11.0. The second kappa shape index (κ2) is 5.16. The van der Waals surface area contributed by atoms with E-state index in [0.717, 1.165) is 11.4 Å². The Labute approximate surface area is 120 Å². The Morgan fingerprint density at radius 3 is 2.67 bits per heavy atom. The molecule has 0 unspecified atom stereocenters. The molecule has 2 aromatic heterocycles. The molecule has 3 aromatic rings. The molecule has 3 rings (SSSR count). The Kier molecular flexibility index (Phi) is 3.19. The molecule has 0 saturated carbocycles. The van der Waals surface area contributed by atoms with Crippen molar-refractivity contribution in [3.05, 3.63) is 36.4 Å². The minimum atomic E-state index is -0.0125. The third kappa shape index (κ3) is 2.64. The number of hydrogen-bond acceptors (Lipinski definition) is 6. The molecule has 21 heavy (non-hydrogen) atoms. The van der Waals surface area contributed by atoms with E-state index in [0.29, 0.717) is 11.5 Å². The summed E-state index contributed by atoms with van der Waals surface area (Å²) in [5, 5.41) is 18.4. The third-order valence-electron chi connectivity index (χ3n) is 3.07. The molecule has 2 heterocycles. The molecule has 0 saturated heterocycles. The molecule has 8 heteroatoms.